The van der Waals surface area contributed by atoms with Crippen LogP contribution in [0.2, 0.25) is 0 Å². The monoisotopic (exact) mass is 290 g/mol. The Kier molecular flexibility index (Phi) is 4.83. The Labute approximate surface area is 123 Å². The highest BCUT2D eigenvalue weighted by molar-refractivity contribution is 6.00. The van der Waals surface area contributed by atoms with Gasteiger partial charge in [-0.3, -0.25) is 4.57 Å². The standard InChI is InChI=1S/C16H22N2O3/c1-3-5-8-11(7-4-2)18-13-10-6-9-12(15(19)20)14(13)17-16(18)21/h6,9-11H,3-5,7-8H2,1-2H3,(H,17,21)(H,19,20). The van der Waals surface area contributed by atoms with E-state index in [2.05, 4.69) is 18.8 Å². The largest absolute Gasteiger partial charge is 0.478 e. The number of imidazole rings is 1. The van der Waals surface area contributed by atoms with Crippen LogP contribution in [0, 0.1) is 0 Å². The van der Waals surface area contributed by atoms with Crippen molar-refractivity contribution < 1.29 is 9.90 Å². The number of unbranched alkanes of at least 4 members (excludes halogenated alkanes) is 1. The lowest BCUT2D eigenvalue weighted by Gasteiger charge is -2.17. The fourth-order valence-corrected chi connectivity index (χ4v) is 2.87. The molecule has 1 heterocycles. The molecule has 0 aliphatic rings. The lowest BCUT2D eigenvalue weighted by Crippen LogP contribution is -2.22. The Morgan fingerprint density at radius 1 is 1.29 bits per heavy atom. The van der Waals surface area contributed by atoms with Gasteiger partial charge in [-0.1, -0.05) is 39.2 Å². The van der Waals surface area contributed by atoms with E-state index in [-0.39, 0.29) is 17.3 Å². The third-order valence-electron chi connectivity index (χ3n) is 3.86. The van der Waals surface area contributed by atoms with Crippen molar-refractivity contribution in [2.24, 2.45) is 0 Å². The Bertz CT molecular complexity index is 684. The zero-order valence-electron chi connectivity index (χ0n) is 12.6. The summed E-state index contributed by atoms with van der Waals surface area (Å²) in [4.78, 5) is 26.3. The van der Waals surface area contributed by atoms with Crippen LogP contribution >= 0.6 is 0 Å². The van der Waals surface area contributed by atoms with Crippen molar-refractivity contribution in [2.45, 2.75) is 52.0 Å². The zero-order valence-corrected chi connectivity index (χ0v) is 12.6. The molecular formula is C16H22N2O3. The molecule has 0 radical (unpaired) electrons. The Hall–Kier alpha value is -2.04. The van der Waals surface area contributed by atoms with Crippen molar-refractivity contribution in [2.75, 3.05) is 0 Å². The molecule has 0 aliphatic carbocycles. The number of nitrogens with one attached hydrogen (secondary N) is 1. The zero-order chi connectivity index (χ0) is 15.4. The van der Waals surface area contributed by atoms with E-state index >= 15 is 0 Å². The average molecular weight is 290 g/mol. The summed E-state index contributed by atoms with van der Waals surface area (Å²) in [7, 11) is 0. The summed E-state index contributed by atoms with van der Waals surface area (Å²) in [5.74, 6) is -1.02. The molecule has 0 aliphatic heterocycles. The number of benzene rings is 1. The van der Waals surface area contributed by atoms with Crippen molar-refractivity contribution in [1.29, 1.82) is 0 Å². The van der Waals surface area contributed by atoms with Gasteiger partial charge in [0, 0.05) is 6.04 Å². The highest BCUT2D eigenvalue weighted by Crippen LogP contribution is 2.25. The van der Waals surface area contributed by atoms with Crippen LogP contribution in [-0.4, -0.2) is 20.6 Å². The van der Waals surface area contributed by atoms with Crippen LogP contribution in [0.5, 0.6) is 0 Å². The van der Waals surface area contributed by atoms with E-state index in [4.69, 9.17) is 0 Å². The van der Waals surface area contributed by atoms with E-state index in [1.165, 1.54) is 6.07 Å². The minimum absolute atomic E-state index is 0.125. The second kappa shape index (κ2) is 6.61. The molecule has 0 saturated heterocycles. The molecule has 0 spiro atoms. The summed E-state index contributed by atoms with van der Waals surface area (Å²) >= 11 is 0. The molecular weight excluding hydrogens is 268 g/mol. The predicted octanol–water partition coefficient (Wildman–Crippen LogP) is 3.56. The number of carboxylic acid groups (broad SMARTS) is 1. The number of aromatic nitrogens is 2. The minimum atomic E-state index is -1.02. The van der Waals surface area contributed by atoms with Gasteiger partial charge in [0.2, 0.25) is 0 Å². The average Bonchev–Trinajstić information content (AvgIpc) is 2.79. The number of carboxylic acids is 1. The van der Waals surface area contributed by atoms with Crippen molar-refractivity contribution in [3.63, 3.8) is 0 Å². The molecule has 5 heteroatoms. The number of aromatic carboxylic acids is 1. The summed E-state index contributed by atoms with van der Waals surface area (Å²) < 4.78 is 1.74. The van der Waals surface area contributed by atoms with E-state index in [1.807, 2.05) is 6.07 Å². The molecule has 0 bridgehead atoms. The van der Waals surface area contributed by atoms with E-state index in [9.17, 15) is 14.7 Å². The summed E-state index contributed by atoms with van der Waals surface area (Å²) in [6.45, 7) is 4.23. The van der Waals surface area contributed by atoms with Gasteiger partial charge in [-0.15, -0.1) is 0 Å². The summed E-state index contributed by atoms with van der Waals surface area (Å²) in [5, 5.41) is 9.24. The van der Waals surface area contributed by atoms with Crippen LogP contribution in [0.25, 0.3) is 11.0 Å². The minimum Gasteiger partial charge on any atom is -0.478 e. The molecule has 0 amide bonds. The van der Waals surface area contributed by atoms with Gasteiger partial charge in [0.15, 0.2) is 0 Å². The Morgan fingerprint density at radius 2 is 2.05 bits per heavy atom. The molecule has 5 nitrogen and oxygen atoms in total. The topological polar surface area (TPSA) is 75.1 Å². The van der Waals surface area contributed by atoms with Crippen molar-refractivity contribution >= 4 is 17.0 Å². The molecule has 2 N–H and O–H groups in total. The molecule has 0 fully saturated rings. The maximum absolute atomic E-state index is 12.3. The third kappa shape index (κ3) is 3.01. The smallest absolute Gasteiger partial charge is 0.337 e. The maximum atomic E-state index is 12.3. The SMILES string of the molecule is CCCCC(CCC)n1c(=O)[nH]c2c(C(=O)O)cccc21. The number of carbonyl (C=O) groups is 1. The number of fused-ring (bicyclic) bond motifs is 1. The van der Waals surface area contributed by atoms with Crippen LogP contribution in [0.1, 0.15) is 62.4 Å². The first-order valence-corrected chi connectivity index (χ1v) is 7.56. The van der Waals surface area contributed by atoms with Gasteiger partial charge in [-0.2, -0.15) is 0 Å². The van der Waals surface area contributed by atoms with Crippen molar-refractivity contribution in [3.05, 3.63) is 34.2 Å². The molecule has 1 atom stereocenters. The molecule has 2 rings (SSSR count). The van der Waals surface area contributed by atoms with Gasteiger partial charge in [-0.05, 0) is 25.0 Å². The van der Waals surface area contributed by atoms with Crippen LogP contribution in [0.4, 0.5) is 0 Å². The summed E-state index contributed by atoms with van der Waals surface area (Å²) in [6, 6.07) is 5.15. The Morgan fingerprint density at radius 3 is 2.67 bits per heavy atom. The first-order chi connectivity index (χ1) is 10.1. The molecule has 0 saturated carbocycles. The highest BCUT2D eigenvalue weighted by atomic mass is 16.4. The van der Waals surface area contributed by atoms with Gasteiger partial charge in [0.05, 0.1) is 16.6 Å². The van der Waals surface area contributed by atoms with E-state index in [0.29, 0.717) is 11.0 Å². The van der Waals surface area contributed by atoms with Gasteiger partial charge >= 0.3 is 11.7 Å². The molecule has 2 aromatic rings. The van der Waals surface area contributed by atoms with Crippen molar-refractivity contribution in [1.82, 2.24) is 9.55 Å². The second-order valence-electron chi connectivity index (χ2n) is 5.39. The Balaban J connectivity index is 2.57. The highest BCUT2D eigenvalue weighted by Gasteiger charge is 2.19. The maximum Gasteiger partial charge on any atom is 0.337 e. The van der Waals surface area contributed by atoms with E-state index < -0.39 is 5.97 Å². The first-order valence-electron chi connectivity index (χ1n) is 7.56. The number of H-pyrrole nitrogens is 1. The lowest BCUT2D eigenvalue weighted by molar-refractivity contribution is 0.0699. The fraction of sp³-hybridized carbons (Fsp3) is 0.500. The van der Waals surface area contributed by atoms with Crippen molar-refractivity contribution in [3.8, 4) is 0 Å². The number of hydrogen-bond donors (Lipinski definition) is 2. The quantitative estimate of drug-likeness (QED) is 0.818. The molecule has 114 valence electrons. The molecule has 21 heavy (non-hydrogen) atoms. The van der Waals surface area contributed by atoms with Gasteiger partial charge in [0.25, 0.3) is 0 Å². The van der Waals surface area contributed by atoms with Crippen LogP contribution in [0.3, 0.4) is 0 Å². The number of hydrogen-bond acceptors (Lipinski definition) is 2. The molecule has 1 unspecified atom stereocenters. The fourth-order valence-electron chi connectivity index (χ4n) is 2.87. The number of nitrogens with zero attached hydrogens (tertiary/aromatic N) is 1. The first kappa shape index (κ1) is 15.4. The van der Waals surface area contributed by atoms with E-state index in [1.54, 1.807) is 10.6 Å². The normalized spacial score (nSPS) is 12.7. The summed E-state index contributed by atoms with van der Waals surface area (Å²) in [5.41, 5.74) is 1.05. The number of para-hydroxylation sites is 1. The van der Waals surface area contributed by atoms with Crippen LogP contribution < -0.4 is 5.69 Å². The second-order valence-corrected chi connectivity index (χ2v) is 5.39. The van der Waals surface area contributed by atoms with Crippen LogP contribution in [-0.2, 0) is 0 Å². The van der Waals surface area contributed by atoms with Crippen LogP contribution in [0.15, 0.2) is 23.0 Å². The number of rotatable bonds is 7. The van der Waals surface area contributed by atoms with E-state index in [0.717, 1.165) is 32.1 Å². The lowest BCUT2D eigenvalue weighted by atomic mass is 10.0. The number of aromatic amines is 1. The molecule has 1 aromatic carbocycles. The predicted molar refractivity (Wildman–Crippen MR) is 83.0 cm³/mol. The summed E-state index contributed by atoms with van der Waals surface area (Å²) in [6.07, 6.45) is 4.99. The molecule has 1 aromatic heterocycles. The van der Waals surface area contributed by atoms with Gasteiger partial charge < -0.3 is 10.1 Å². The third-order valence-corrected chi connectivity index (χ3v) is 3.86. The van der Waals surface area contributed by atoms with Gasteiger partial charge in [-0.25, -0.2) is 9.59 Å². The van der Waals surface area contributed by atoms with Gasteiger partial charge in [0.1, 0.15) is 0 Å².